The summed E-state index contributed by atoms with van der Waals surface area (Å²) in [4.78, 5) is 22.3. The number of halogens is 1. The Hall–Kier alpha value is -2.55. The van der Waals surface area contributed by atoms with Crippen LogP contribution in [0, 0.1) is 18.2 Å². The van der Waals surface area contributed by atoms with Crippen LogP contribution in [-0.4, -0.2) is 22.6 Å². The molecule has 6 heteroatoms. The summed E-state index contributed by atoms with van der Waals surface area (Å²) in [6.07, 6.45) is 5.20. The van der Waals surface area contributed by atoms with E-state index in [1.54, 1.807) is 13.8 Å². The molecule has 100 valence electrons. The summed E-state index contributed by atoms with van der Waals surface area (Å²) in [6, 6.07) is 2.38. The van der Waals surface area contributed by atoms with Crippen LogP contribution in [0.15, 0.2) is 18.2 Å². The number of aromatic carboxylic acids is 1. The largest absolute Gasteiger partial charge is 0.478 e. The molecule has 2 amide bonds. The zero-order valence-electron chi connectivity index (χ0n) is 10.5. The maximum Gasteiger partial charge on any atom is 0.335 e. The third-order valence-electron chi connectivity index (χ3n) is 2.25. The van der Waals surface area contributed by atoms with Gasteiger partial charge in [-0.25, -0.2) is 14.0 Å². The average Bonchev–Trinajstić information content (AvgIpc) is 2.31. The lowest BCUT2D eigenvalue weighted by Crippen LogP contribution is -2.44. The summed E-state index contributed by atoms with van der Waals surface area (Å²) in [7, 11) is 0. The van der Waals surface area contributed by atoms with E-state index in [4.69, 9.17) is 11.5 Å². The second-order valence-corrected chi connectivity index (χ2v) is 4.35. The fourth-order valence-corrected chi connectivity index (χ4v) is 1.23. The van der Waals surface area contributed by atoms with Gasteiger partial charge in [-0.1, -0.05) is 5.92 Å². The predicted molar refractivity (Wildman–Crippen MR) is 68.4 cm³/mol. The quantitative estimate of drug-likeness (QED) is 0.731. The van der Waals surface area contributed by atoms with E-state index in [2.05, 4.69) is 16.6 Å². The van der Waals surface area contributed by atoms with Gasteiger partial charge in [0.25, 0.3) is 0 Å². The van der Waals surface area contributed by atoms with Crippen LogP contribution in [0.1, 0.15) is 24.2 Å². The maximum atomic E-state index is 13.4. The van der Waals surface area contributed by atoms with Gasteiger partial charge in [-0.05, 0) is 32.0 Å². The number of amides is 2. The third kappa shape index (κ3) is 4.00. The first kappa shape index (κ1) is 14.5. The third-order valence-corrected chi connectivity index (χ3v) is 2.25. The zero-order chi connectivity index (χ0) is 14.6. The molecule has 0 atom stereocenters. The zero-order valence-corrected chi connectivity index (χ0v) is 10.5. The molecule has 0 spiro atoms. The minimum Gasteiger partial charge on any atom is -0.478 e. The minimum atomic E-state index is -1.22. The molecule has 1 aromatic carbocycles. The molecule has 5 nitrogen and oxygen atoms in total. The number of benzene rings is 1. The summed E-state index contributed by atoms with van der Waals surface area (Å²) >= 11 is 0. The normalized spacial score (nSPS) is 10.4. The van der Waals surface area contributed by atoms with Crippen LogP contribution in [0.25, 0.3) is 0 Å². The summed E-state index contributed by atoms with van der Waals surface area (Å²) < 4.78 is 13.4. The molecule has 0 aliphatic heterocycles. The van der Waals surface area contributed by atoms with Crippen molar-refractivity contribution in [2.45, 2.75) is 19.4 Å². The highest BCUT2D eigenvalue weighted by molar-refractivity contribution is 5.93. The number of terminal acetylenes is 1. The van der Waals surface area contributed by atoms with Crippen molar-refractivity contribution in [2.75, 3.05) is 5.32 Å². The summed E-state index contributed by atoms with van der Waals surface area (Å²) in [6.45, 7) is 3.19. The van der Waals surface area contributed by atoms with Crippen molar-refractivity contribution in [2.24, 2.45) is 0 Å². The molecule has 0 heterocycles. The van der Waals surface area contributed by atoms with Crippen molar-refractivity contribution >= 4 is 17.7 Å². The number of rotatable bonds is 3. The molecule has 0 saturated carbocycles. The van der Waals surface area contributed by atoms with E-state index >= 15 is 0 Å². The van der Waals surface area contributed by atoms with Gasteiger partial charge in [0.05, 0.1) is 16.8 Å². The molecule has 0 saturated heterocycles. The minimum absolute atomic E-state index is 0.132. The van der Waals surface area contributed by atoms with Crippen LogP contribution in [0.5, 0.6) is 0 Å². The first-order valence-electron chi connectivity index (χ1n) is 5.35. The van der Waals surface area contributed by atoms with Crippen molar-refractivity contribution in [1.82, 2.24) is 5.32 Å². The number of carboxylic acids is 1. The smallest absolute Gasteiger partial charge is 0.335 e. The molecular formula is C13H13FN2O3. The van der Waals surface area contributed by atoms with E-state index in [0.717, 1.165) is 18.2 Å². The van der Waals surface area contributed by atoms with E-state index in [0.29, 0.717) is 0 Å². The lowest BCUT2D eigenvalue weighted by molar-refractivity contribution is 0.0697. The van der Waals surface area contributed by atoms with E-state index < -0.39 is 23.4 Å². The molecule has 0 unspecified atom stereocenters. The second-order valence-electron chi connectivity index (χ2n) is 4.35. The highest BCUT2D eigenvalue weighted by Crippen LogP contribution is 2.16. The summed E-state index contributed by atoms with van der Waals surface area (Å²) in [5.41, 5.74) is -1.26. The van der Waals surface area contributed by atoms with Crippen molar-refractivity contribution in [3.8, 4) is 12.3 Å². The fourth-order valence-electron chi connectivity index (χ4n) is 1.23. The summed E-state index contributed by atoms with van der Waals surface area (Å²) in [5, 5.41) is 13.4. The Kier molecular flexibility index (Phi) is 4.12. The van der Waals surface area contributed by atoms with E-state index in [-0.39, 0.29) is 11.3 Å². The number of carbonyl (C=O) groups excluding carboxylic acids is 1. The Balaban J connectivity index is 2.88. The monoisotopic (exact) mass is 264 g/mol. The van der Waals surface area contributed by atoms with Crippen LogP contribution in [0.3, 0.4) is 0 Å². The molecule has 3 N–H and O–H groups in total. The van der Waals surface area contributed by atoms with Crippen LogP contribution in [0.2, 0.25) is 0 Å². The molecule has 0 bridgehead atoms. The van der Waals surface area contributed by atoms with Crippen LogP contribution in [-0.2, 0) is 0 Å². The van der Waals surface area contributed by atoms with Crippen molar-refractivity contribution in [1.29, 1.82) is 0 Å². The second kappa shape index (κ2) is 5.40. The van der Waals surface area contributed by atoms with Crippen LogP contribution >= 0.6 is 0 Å². The van der Waals surface area contributed by atoms with Gasteiger partial charge >= 0.3 is 12.0 Å². The number of urea groups is 1. The van der Waals surface area contributed by atoms with E-state index in [9.17, 15) is 14.0 Å². The Morgan fingerprint density at radius 3 is 2.58 bits per heavy atom. The van der Waals surface area contributed by atoms with Gasteiger partial charge in [-0.3, -0.25) is 0 Å². The lowest BCUT2D eigenvalue weighted by Gasteiger charge is -2.20. The first-order chi connectivity index (χ1) is 8.75. The Labute approximate surface area is 109 Å². The topological polar surface area (TPSA) is 78.4 Å². The number of hydrogen-bond acceptors (Lipinski definition) is 2. The number of carbonyl (C=O) groups is 2. The number of carboxylic acid groups (broad SMARTS) is 1. The van der Waals surface area contributed by atoms with Gasteiger partial charge < -0.3 is 15.7 Å². The van der Waals surface area contributed by atoms with E-state index in [1.807, 2.05) is 0 Å². The van der Waals surface area contributed by atoms with Crippen molar-refractivity contribution in [3.05, 3.63) is 29.6 Å². The van der Waals surface area contributed by atoms with Gasteiger partial charge in [0, 0.05) is 0 Å². The van der Waals surface area contributed by atoms with Crippen LogP contribution < -0.4 is 10.6 Å². The molecule has 0 aliphatic rings. The fraction of sp³-hybridized carbons (Fsp3) is 0.231. The van der Waals surface area contributed by atoms with Gasteiger partial charge in [0.2, 0.25) is 0 Å². The highest BCUT2D eigenvalue weighted by atomic mass is 19.1. The first-order valence-corrected chi connectivity index (χ1v) is 5.35. The van der Waals surface area contributed by atoms with Gasteiger partial charge in [0.15, 0.2) is 0 Å². The Morgan fingerprint density at radius 2 is 2.05 bits per heavy atom. The highest BCUT2D eigenvalue weighted by Gasteiger charge is 2.18. The van der Waals surface area contributed by atoms with Gasteiger partial charge in [-0.15, -0.1) is 6.42 Å². The molecule has 0 radical (unpaired) electrons. The molecule has 1 aromatic rings. The molecular weight excluding hydrogens is 251 g/mol. The Morgan fingerprint density at radius 1 is 1.42 bits per heavy atom. The molecule has 0 aromatic heterocycles. The van der Waals surface area contributed by atoms with Crippen LogP contribution in [0.4, 0.5) is 14.9 Å². The Bertz CT molecular complexity index is 561. The molecule has 0 fully saturated rings. The number of nitrogens with one attached hydrogen (secondary N) is 2. The SMILES string of the molecule is C#CC(C)(C)NC(=O)Nc1cc(C(=O)O)ccc1F. The molecule has 0 aliphatic carbocycles. The number of hydrogen-bond donors (Lipinski definition) is 3. The number of anilines is 1. The molecule has 1 rings (SSSR count). The maximum absolute atomic E-state index is 13.4. The lowest BCUT2D eigenvalue weighted by atomic mass is 10.1. The van der Waals surface area contributed by atoms with Crippen molar-refractivity contribution < 1.29 is 19.1 Å². The predicted octanol–water partition coefficient (Wildman–Crippen LogP) is 2.06. The molecule has 19 heavy (non-hydrogen) atoms. The van der Waals surface area contributed by atoms with Gasteiger partial charge in [-0.2, -0.15) is 0 Å². The average molecular weight is 264 g/mol. The summed E-state index contributed by atoms with van der Waals surface area (Å²) in [5.74, 6) is 0.390. The standard InChI is InChI=1S/C13H13FN2O3/c1-4-13(2,3)16-12(19)15-10-7-8(11(17)18)5-6-9(10)14/h1,5-7H,2-3H3,(H,17,18)(H2,15,16,19). The van der Waals surface area contributed by atoms with Crippen molar-refractivity contribution in [3.63, 3.8) is 0 Å². The van der Waals surface area contributed by atoms with E-state index in [1.165, 1.54) is 0 Å². The van der Waals surface area contributed by atoms with Gasteiger partial charge in [0.1, 0.15) is 5.82 Å².